The number of anilines is 2. The molecule has 0 fully saturated rings. The summed E-state index contributed by atoms with van der Waals surface area (Å²) >= 11 is 0. The van der Waals surface area contributed by atoms with E-state index >= 15 is 0 Å². The predicted molar refractivity (Wildman–Crippen MR) is 90.9 cm³/mol. The smallest absolute Gasteiger partial charge is 0.220 e. The van der Waals surface area contributed by atoms with Crippen molar-refractivity contribution in [3.8, 4) is 6.07 Å². The van der Waals surface area contributed by atoms with Gasteiger partial charge in [-0.05, 0) is 18.2 Å². The lowest BCUT2D eigenvalue weighted by Gasteiger charge is -2.08. The van der Waals surface area contributed by atoms with Crippen LogP contribution < -0.4 is 5.32 Å². The highest BCUT2D eigenvalue weighted by Crippen LogP contribution is 2.23. The van der Waals surface area contributed by atoms with Crippen molar-refractivity contribution in [2.75, 3.05) is 24.1 Å². The second-order valence-corrected chi connectivity index (χ2v) is 8.75. The van der Waals surface area contributed by atoms with Crippen molar-refractivity contribution in [2.24, 2.45) is 4.36 Å². The van der Waals surface area contributed by atoms with Gasteiger partial charge >= 0.3 is 0 Å². The number of rotatable bonds is 4. The minimum Gasteiger partial charge on any atom is -0.339 e. The molecular weight excluding hydrogens is 334 g/mol. The third-order valence-electron chi connectivity index (χ3n) is 2.58. The fraction of sp³-hybridized carbons (Fsp3) is 0.214. The molecule has 1 N–H and O–H groups in total. The van der Waals surface area contributed by atoms with Gasteiger partial charge in [-0.15, -0.1) is 0 Å². The van der Waals surface area contributed by atoms with Crippen LogP contribution in [-0.4, -0.2) is 37.2 Å². The second kappa shape index (κ2) is 6.85. The predicted octanol–water partition coefficient (Wildman–Crippen LogP) is 2.19. The summed E-state index contributed by atoms with van der Waals surface area (Å²) in [7, 11) is -3.62. The highest BCUT2D eigenvalue weighted by molar-refractivity contribution is 7.92. The summed E-state index contributed by atoms with van der Waals surface area (Å²) in [6.07, 6.45) is 5.89. The summed E-state index contributed by atoms with van der Waals surface area (Å²) in [5.41, 5.74) is 1.41. The van der Waals surface area contributed by atoms with E-state index in [0.29, 0.717) is 11.4 Å². The zero-order valence-electron chi connectivity index (χ0n) is 12.8. The molecule has 7 nitrogen and oxygen atoms in total. The third-order valence-corrected chi connectivity index (χ3v) is 3.94. The van der Waals surface area contributed by atoms with E-state index in [1.807, 2.05) is 6.07 Å². The first-order valence-electron chi connectivity index (χ1n) is 6.43. The lowest BCUT2D eigenvalue weighted by Crippen LogP contribution is -2.03. The summed E-state index contributed by atoms with van der Waals surface area (Å²) in [5.74, 6) is 0.263. The van der Waals surface area contributed by atoms with E-state index in [1.54, 1.807) is 36.8 Å². The summed E-state index contributed by atoms with van der Waals surface area (Å²) in [6.45, 7) is 0. The van der Waals surface area contributed by atoms with Gasteiger partial charge in [-0.3, -0.25) is 4.21 Å². The maximum atomic E-state index is 11.8. The topological polar surface area (TPSA) is 108 Å². The molecule has 0 aliphatic carbocycles. The average Bonchev–Trinajstić information content (AvgIpc) is 2.45. The molecule has 9 heteroatoms. The third kappa shape index (κ3) is 4.84. The Labute approximate surface area is 137 Å². The van der Waals surface area contributed by atoms with Gasteiger partial charge in [-0.1, -0.05) is 6.07 Å². The Kier molecular flexibility index (Phi) is 5.08. The molecule has 0 amide bonds. The number of hydrogen-bond donors (Lipinski definition) is 1. The standard InChI is InChI=1S/C14H15N5O2S2/c1-22(20)14-16-9-10(8-15)13(18-14)17-11-5-4-6-12(7-11)19-23(2,3)21/h4-7,9H,1-3H3,(H,16,17,18). The molecule has 1 atom stereocenters. The van der Waals surface area contributed by atoms with E-state index in [4.69, 9.17) is 5.26 Å². The molecule has 0 radical (unpaired) electrons. The van der Waals surface area contributed by atoms with E-state index < -0.39 is 20.5 Å². The van der Waals surface area contributed by atoms with Gasteiger partial charge in [0, 0.05) is 34.2 Å². The van der Waals surface area contributed by atoms with E-state index in [1.165, 1.54) is 12.5 Å². The van der Waals surface area contributed by atoms with E-state index in [2.05, 4.69) is 19.6 Å². The van der Waals surface area contributed by atoms with Gasteiger partial charge < -0.3 is 5.32 Å². The van der Waals surface area contributed by atoms with Gasteiger partial charge in [0.15, 0.2) is 5.82 Å². The van der Waals surface area contributed by atoms with Crippen LogP contribution in [0.25, 0.3) is 0 Å². The molecule has 1 unspecified atom stereocenters. The molecule has 1 aromatic carbocycles. The highest BCUT2D eigenvalue weighted by atomic mass is 32.2. The van der Waals surface area contributed by atoms with Crippen LogP contribution in [-0.2, 0) is 20.5 Å². The lowest BCUT2D eigenvalue weighted by atomic mass is 10.2. The monoisotopic (exact) mass is 349 g/mol. The molecule has 0 bridgehead atoms. The van der Waals surface area contributed by atoms with Gasteiger partial charge in [0.25, 0.3) is 0 Å². The van der Waals surface area contributed by atoms with E-state index in [9.17, 15) is 8.42 Å². The number of nitrogens with zero attached hydrogens (tertiary/aromatic N) is 4. The van der Waals surface area contributed by atoms with Gasteiger partial charge in [-0.2, -0.15) is 9.62 Å². The van der Waals surface area contributed by atoms with Crippen LogP contribution in [0.4, 0.5) is 17.2 Å². The molecule has 0 spiro atoms. The fourth-order valence-corrected chi connectivity index (χ4v) is 2.75. The summed E-state index contributed by atoms with van der Waals surface area (Å²) < 4.78 is 27.4. The van der Waals surface area contributed by atoms with E-state index in [0.717, 1.165) is 0 Å². The molecule has 1 aromatic heterocycles. The molecule has 120 valence electrons. The van der Waals surface area contributed by atoms with E-state index in [-0.39, 0.29) is 16.5 Å². The van der Waals surface area contributed by atoms with Crippen molar-refractivity contribution >= 4 is 37.7 Å². The fourth-order valence-electron chi connectivity index (χ4n) is 1.71. The maximum Gasteiger partial charge on any atom is 0.220 e. The number of benzene rings is 1. The van der Waals surface area contributed by atoms with Crippen molar-refractivity contribution < 1.29 is 8.42 Å². The summed E-state index contributed by atoms with van der Waals surface area (Å²) in [6, 6.07) is 8.91. The van der Waals surface area contributed by atoms with Crippen LogP contribution >= 0.6 is 0 Å². The van der Waals surface area contributed by atoms with Gasteiger partial charge in [0.05, 0.1) is 22.7 Å². The zero-order valence-corrected chi connectivity index (χ0v) is 14.4. The molecule has 0 saturated heterocycles. The Balaban J connectivity index is 2.42. The second-order valence-electron chi connectivity index (χ2n) is 4.93. The summed E-state index contributed by atoms with van der Waals surface area (Å²) in [5, 5.41) is 12.3. The van der Waals surface area contributed by atoms with Gasteiger partial charge in [0.1, 0.15) is 11.6 Å². The largest absolute Gasteiger partial charge is 0.339 e. The molecule has 2 aromatic rings. The van der Waals surface area contributed by atoms with Crippen molar-refractivity contribution in [1.82, 2.24) is 9.97 Å². The van der Waals surface area contributed by atoms with Crippen LogP contribution in [0.5, 0.6) is 0 Å². The number of aromatic nitrogens is 2. The molecule has 0 aliphatic rings. The summed E-state index contributed by atoms with van der Waals surface area (Å²) in [4.78, 5) is 8.00. The Morgan fingerprint density at radius 1 is 1.39 bits per heavy atom. The number of nitriles is 1. The molecular formula is C14H15N5O2S2. The van der Waals surface area contributed by atoms with Crippen LogP contribution in [0, 0.1) is 11.3 Å². The van der Waals surface area contributed by atoms with Crippen molar-refractivity contribution in [3.05, 3.63) is 36.0 Å². The Morgan fingerprint density at radius 3 is 2.74 bits per heavy atom. The normalized spacial score (nSPS) is 12.3. The quantitative estimate of drug-likeness (QED) is 0.848. The van der Waals surface area contributed by atoms with Crippen LogP contribution in [0.3, 0.4) is 0 Å². The van der Waals surface area contributed by atoms with Crippen LogP contribution in [0.1, 0.15) is 5.56 Å². The first kappa shape index (κ1) is 17.1. The molecule has 2 rings (SSSR count). The van der Waals surface area contributed by atoms with Gasteiger partial charge in [-0.25, -0.2) is 14.2 Å². The first-order valence-corrected chi connectivity index (χ1v) is 10.3. The minimum atomic E-state index is -2.27. The number of hydrogen-bond acceptors (Lipinski definition) is 7. The number of nitrogens with one attached hydrogen (secondary N) is 1. The Morgan fingerprint density at radius 2 is 2.13 bits per heavy atom. The van der Waals surface area contributed by atoms with Crippen LogP contribution in [0.15, 0.2) is 40.0 Å². The Bertz CT molecular complexity index is 919. The van der Waals surface area contributed by atoms with Crippen molar-refractivity contribution in [1.29, 1.82) is 5.26 Å². The first-order chi connectivity index (χ1) is 10.8. The molecule has 23 heavy (non-hydrogen) atoms. The zero-order chi connectivity index (χ0) is 17.0. The van der Waals surface area contributed by atoms with Crippen molar-refractivity contribution in [3.63, 3.8) is 0 Å². The lowest BCUT2D eigenvalue weighted by molar-refractivity contribution is 0.679. The molecule has 0 aliphatic heterocycles. The minimum absolute atomic E-state index is 0.137. The SMILES string of the molecule is CS(=O)c1ncc(C#N)c(Nc2cccc(N=S(C)(C)=O)c2)n1. The van der Waals surface area contributed by atoms with Crippen molar-refractivity contribution in [2.45, 2.75) is 5.16 Å². The Hall–Kier alpha value is -2.31. The maximum absolute atomic E-state index is 11.8. The highest BCUT2D eigenvalue weighted by Gasteiger charge is 2.10. The molecule has 1 heterocycles. The van der Waals surface area contributed by atoms with Gasteiger partial charge in [0.2, 0.25) is 5.16 Å². The average molecular weight is 349 g/mol. The van der Waals surface area contributed by atoms with Crippen LogP contribution in [0.2, 0.25) is 0 Å². The molecule has 0 saturated carbocycles.